The van der Waals surface area contributed by atoms with Gasteiger partial charge in [-0.3, -0.25) is 0 Å². The summed E-state index contributed by atoms with van der Waals surface area (Å²) in [7, 11) is 0. The fraction of sp³-hybridized carbons (Fsp3) is 0.562. The first-order valence-electron chi connectivity index (χ1n) is 8.10. The molecule has 0 bridgehead atoms. The molecule has 9 heteroatoms. The van der Waals surface area contributed by atoms with Crippen LogP contribution >= 0.6 is 0 Å². The SMILES string of the molecule is CC(CC(F)(F)F)Nc1ncc2c(OC3CCOCC3)nccc2n1. The number of rotatable bonds is 5. The lowest BCUT2D eigenvalue weighted by atomic mass is 10.1. The molecule has 0 saturated carbocycles. The summed E-state index contributed by atoms with van der Waals surface area (Å²) in [5, 5.41) is 3.30. The Morgan fingerprint density at radius 3 is 2.80 bits per heavy atom. The molecule has 0 spiro atoms. The molecule has 1 aliphatic heterocycles. The highest BCUT2D eigenvalue weighted by Crippen LogP contribution is 2.26. The van der Waals surface area contributed by atoms with Crippen molar-refractivity contribution in [1.29, 1.82) is 0 Å². The lowest BCUT2D eigenvalue weighted by molar-refractivity contribution is -0.136. The molecule has 3 heterocycles. The van der Waals surface area contributed by atoms with Crippen LogP contribution in [0.15, 0.2) is 18.5 Å². The molecule has 25 heavy (non-hydrogen) atoms. The van der Waals surface area contributed by atoms with Crippen molar-refractivity contribution < 1.29 is 22.6 Å². The molecule has 0 amide bonds. The van der Waals surface area contributed by atoms with Crippen molar-refractivity contribution in [1.82, 2.24) is 15.0 Å². The Hall–Kier alpha value is -2.16. The van der Waals surface area contributed by atoms with Gasteiger partial charge in [0, 0.05) is 31.3 Å². The number of fused-ring (bicyclic) bond motifs is 1. The second-order valence-corrected chi connectivity index (χ2v) is 6.04. The molecule has 1 N–H and O–H groups in total. The van der Waals surface area contributed by atoms with Crippen molar-refractivity contribution in [3.63, 3.8) is 0 Å². The largest absolute Gasteiger partial charge is 0.474 e. The molecule has 0 aliphatic carbocycles. The van der Waals surface area contributed by atoms with E-state index in [9.17, 15) is 13.2 Å². The summed E-state index contributed by atoms with van der Waals surface area (Å²) in [5.74, 6) is 0.576. The maximum Gasteiger partial charge on any atom is 0.391 e. The summed E-state index contributed by atoms with van der Waals surface area (Å²) in [5.41, 5.74) is 0.564. The van der Waals surface area contributed by atoms with Gasteiger partial charge in [-0.2, -0.15) is 13.2 Å². The van der Waals surface area contributed by atoms with Gasteiger partial charge in [0.2, 0.25) is 11.8 Å². The van der Waals surface area contributed by atoms with E-state index in [1.54, 1.807) is 12.3 Å². The number of hydrogen-bond donors (Lipinski definition) is 1. The molecule has 3 rings (SSSR count). The number of pyridine rings is 1. The van der Waals surface area contributed by atoms with Crippen molar-refractivity contribution in [2.24, 2.45) is 0 Å². The van der Waals surface area contributed by atoms with Gasteiger partial charge in [-0.15, -0.1) is 0 Å². The van der Waals surface area contributed by atoms with Gasteiger partial charge >= 0.3 is 6.18 Å². The molecule has 1 unspecified atom stereocenters. The van der Waals surface area contributed by atoms with Crippen molar-refractivity contribution in [2.45, 2.75) is 44.5 Å². The number of halogens is 3. The summed E-state index contributed by atoms with van der Waals surface area (Å²) in [6, 6.07) is 0.852. The standard InChI is InChI=1S/C16H19F3N4O2/c1-10(8-16(17,18)19)22-15-21-9-12-13(23-15)2-5-20-14(12)25-11-3-6-24-7-4-11/h2,5,9-11H,3-4,6-8H2,1H3,(H,21,22,23). The Morgan fingerprint density at radius 2 is 2.08 bits per heavy atom. The minimum absolute atomic E-state index is 0.0245. The predicted molar refractivity (Wildman–Crippen MR) is 85.6 cm³/mol. The van der Waals surface area contributed by atoms with E-state index in [2.05, 4.69) is 20.3 Å². The Bertz CT molecular complexity index is 720. The van der Waals surface area contributed by atoms with Crippen LogP contribution in [-0.2, 0) is 4.74 Å². The topological polar surface area (TPSA) is 69.2 Å². The number of alkyl halides is 3. The normalized spacial score (nSPS) is 17.4. The van der Waals surface area contributed by atoms with Crippen LogP contribution in [0.5, 0.6) is 5.88 Å². The van der Waals surface area contributed by atoms with Crippen molar-refractivity contribution in [3.8, 4) is 5.88 Å². The smallest absolute Gasteiger partial charge is 0.391 e. The van der Waals surface area contributed by atoms with Crippen LogP contribution < -0.4 is 10.1 Å². The average Bonchev–Trinajstić information content (AvgIpc) is 2.54. The molecular weight excluding hydrogens is 337 g/mol. The maximum absolute atomic E-state index is 12.4. The number of hydrogen-bond acceptors (Lipinski definition) is 6. The lowest BCUT2D eigenvalue weighted by Crippen LogP contribution is -2.26. The van der Waals surface area contributed by atoms with Gasteiger partial charge in [0.1, 0.15) is 6.10 Å². The van der Waals surface area contributed by atoms with Crippen LogP contribution in [0.3, 0.4) is 0 Å². The third kappa shape index (κ3) is 4.91. The molecule has 2 aromatic rings. The number of anilines is 1. The first-order valence-corrected chi connectivity index (χ1v) is 8.10. The zero-order valence-electron chi connectivity index (χ0n) is 13.7. The van der Waals surface area contributed by atoms with Crippen LogP contribution in [0.25, 0.3) is 10.9 Å². The van der Waals surface area contributed by atoms with Crippen LogP contribution in [0, 0.1) is 0 Å². The first-order chi connectivity index (χ1) is 11.9. The summed E-state index contributed by atoms with van der Waals surface area (Å²) >= 11 is 0. The van der Waals surface area contributed by atoms with E-state index in [1.807, 2.05) is 0 Å². The molecule has 1 fully saturated rings. The summed E-state index contributed by atoms with van der Waals surface area (Å²) in [6.45, 7) is 2.74. The minimum Gasteiger partial charge on any atom is -0.474 e. The molecular formula is C16H19F3N4O2. The zero-order valence-corrected chi connectivity index (χ0v) is 13.7. The lowest BCUT2D eigenvalue weighted by Gasteiger charge is -2.23. The van der Waals surface area contributed by atoms with Crippen molar-refractivity contribution in [3.05, 3.63) is 18.5 Å². The van der Waals surface area contributed by atoms with Gasteiger partial charge in [-0.05, 0) is 13.0 Å². The first kappa shape index (κ1) is 17.7. The van der Waals surface area contributed by atoms with Crippen LogP contribution in [0.4, 0.5) is 19.1 Å². The maximum atomic E-state index is 12.4. The Balaban J connectivity index is 1.74. The number of nitrogens with one attached hydrogen (secondary N) is 1. The van der Waals surface area contributed by atoms with E-state index in [0.29, 0.717) is 30.0 Å². The van der Waals surface area contributed by atoms with Gasteiger partial charge < -0.3 is 14.8 Å². The number of aromatic nitrogens is 3. The molecule has 2 aromatic heterocycles. The predicted octanol–water partition coefficient (Wildman–Crippen LogP) is 3.34. The van der Waals surface area contributed by atoms with E-state index in [-0.39, 0.29) is 12.1 Å². The fourth-order valence-corrected chi connectivity index (χ4v) is 2.67. The number of ether oxygens (including phenoxy) is 2. The highest BCUT2D eigenvalue weighted by atomic mass is 19.4. The summed E-state index contributed by atoms with van der Waals surface area (Å²) in [6.07, 6.45) is -0.516. The quantitative estimate of drug-likeness (QED) is 0.886. The minimum atomic E-state index is -4.24. The van der Waals surface area contributed by atoms with E-state index in [1.165, 1.54) is 13.1 Å². The van der Waals surface area contributed by atoms with Crippen LogP contribution in [0.2, 0.25) is 0 Å². The molecule has 0 radical (unpaired) electrons. The molecule has 1 atom stereocenters. The second-order valence-electron chi connectivity index (χ2n) is 6.04. The Morgan fingerprint density at radius 1 is 1.32 bits per heavy atom. The second kappa shape index (κ2) is 7.38. The van der Waals surface area contributed by atoms with Gasteiger partial charge in [0.05, 0.1) is 30.5 Å². The Kier molecular flexibility index (Phi) is 5.22. The van der Waals surface area contributed by atoms with Crippen LogP contribution in [-0.4, -0.2) is 46.5 Å². The third-order valence-corrected chi connectivity index (χ3v) is 3.83. The molecule has 136 valence electrons. The summed E-state index contributed by atoms with van der Waals surface area (Å²) < 4.78 is 48.5. The number of nitrogens with zero attached hydrogens (tertiary/aromatic N) is 3. The van der Waals surface area contributed by atoms with Gasteiger partial charge in [-0.1, -0.05) is 0 Å². The fourth-order valence-electron chi connectivity index (χ4n) is 2.67. The van der Waals surface area contributed by atoms with E-state index in [0.717, 1.165) is 12.8 Å². The average molecular weight is 356 g/mol. The van der Waals surface area contributed by atoms with E-state index >= 15 is 0 Å². The van der Waals surface area contributed by atoms with Crippen molar-refractivity contribution >= 4 is 16.9 Å². The van der Waals surface area contributed by atoms with E-state index < -0.39 is 18.6 Å². The highest BCUT2D eigenvalue weighted by molar-refractivity contribution is 5.83. The summed E-state index contributed by atoms with van der Waals surface area (Å²) in [4.78, 5) is 12.6. The van der Waals surface area contributed by atoms with Crippen molar-refractivity contribution in [2.75, 3.05) is 18.5 Å². The Labute approximate surface area is 142 Å². The zero-order chi connectivity index (χ0) is 17.9. The molecule has 1 aliphatic rings. The molecule has 0 aromatic carbocycles. The van der Waals surface area contributed by atoms with Crippen LogP contribution in [0.1, 0.15) is 26.2 Å². The third-order valence-electron chi connectivity index (χ3n) is 3.83. The monoisotopic (exact) mass is 356 g/mol. The van der Waals surface area contributed by atoms with Gasteiger partial charge in [0.25, 0.3) is 0 Å². The van der Waals surface area contributed by atoms with Gasteiger partial charge in [0.15, 0.2) is 0 Å². The van der Waals surface area contributed by atoms with Gasteiger partial charge in [-0.25, -0.2) is 15.0 Å². The highest BCUT2D eigenvalue weighted by Gasteiger charge is 2.30. The molecule has 6 nitrogen and oxygen atoms in total. The molecule has 1 saturated heterocycles. The van der Waals surface area contributed by atoms with E-state index in [4.69, 9.17) is 9.47 Å².